The van der Waals surface area contributed by atoms with Crippen molar-refractivity contribution in [2.45, 2.75) is 25.8 Å². The minimum atomic E-state index is 0.128. The van der Waals surface area contributed by atoms with Gasteiger partial charge in [-0.15, -0.1) is 0 Å². The summed E-state index contributed by atoms with van der Waals surface area (Å²) in [6, 6.07) is 3.94. The molecule has 4 heteroatoms. The Labute approximate surface area is 102 Å². The normalized spacial score (nSPS) is 22.5. The zero-order chi connectivity index (χ0) is 12.4. The minimum absolute atomic E-state index is 0.128. The molecule has 1 aromatic heterocycles. The molecule has 1 saturated heterocycles. The molecule has 0 saturated carbocycles. The lowest BCUT2D eigenvalue weighted by atomic mass is 9.92. The average Bonchev–Trinajstić information content (AvgIpc) is 2.74. The molecule has 2 N–H and O–H groups in total. The van der Waals surface area contributed by atoms with Gasteiger partial charge in [-0.1, -0.05) is 0 Å². The van der Waals surface area contributed by atoms with Crippen LogP contribution in [0.5, 0.6) is 0 Å². The van der Waals surface area contributed by atoms with E-state index < -0.39 is 0 Å². The molecule has 1 aromatic rings. The van der Waals surface area contributed by atoms with Gasteiger partial charge in [0.05, 0.1) is 0 Å². The van der Waals surface area contributed by atoms with E-state index in [4.69, 9.17) is 5.73 Å². The van der Waals surface area contributed by atoms with E-state index in [0.717, 1.165) is 31.6 Å². The van der Waals surface area contributed by atoms with Gasteiger partial charge >= 0.3 is 0 Å². The third-order valence-electron chi connectivity index (χ3n) is 3.65. The second kappa shape index (κ2) is 4.92. The quantitative estimate of drug-likeness (QED) is 0.838. The van der Waals surface area contributed by atoms with Crippen molar-refractivity contribution >= 4 is 5.91 Å². The van der Waals surface area contributed by atoms with Crippen molar-refractivity contribution < 1.29 is 4.79 Å². The highest BCUT2D eigenvalue weighted by molar-refractivity contribution is 5.92. The van der Waals surface area contributed by atoms with Crippen molar-refractivity contribution in [3.8, 4) is 0 Å². The molecule has 17 heavy (non-hydrogen) atoms. The van der Waals surface area contributed by atoms with E-state index in [1.165, 1.54) is 0 Å². The highest BCUT2D eigenvalue weighted by Gasteiger charge is 2.27. The molecule has 0 bridgehead atoms. The molecule has 0 aliphatic carbocycles. The van der Waals surface area contributed by atoms with Crippen LogP contribution in [-0.4, -0.2) is 34.5 Å². The average molecular weight is 235 g/mol. The molecule has 1 amide bonds. The zero-order valence-corrected chi connectivity index (χ0v) is 10.6. The summed E-state index contributed by atoms with van der Waals surface area (Å²) in [5, 5.41) is 0. The number of aromatic nitrogens is 1. The van der Waals surface area contributed by atoms with E-state index >= 15 is 0 Å². The molecule has 94 valence electrons. The van der Waals surface area contributed by atoms with E-state index in [-0.39, 0.29) is 11.9 Å². The number of hydrogen-bond donors (Lipinski definition) is 1. The summed E-state index contributed by atoms with van der Waals surface area (Å²) in [6.07, 6.45) is 4.09. The molecule has 0 radical (unpaired) electrons. The molecule has 2 heterocycles. The van der Waals surface area contributed by atoms with E-state index in [0.29, 0.717) is 5.92 Å². The summed E-state index contributed by atoms with van der Waals surface area (Å²) < 4.78 is 1.87. The van der Waals surface area contributed by atoms with Crippen LogP contribution in [-0.2, 0) is 7.05 Å². The van der Waals surface area contributed by atoms with E-state index in [9.17, 15) is 4.79 Å². The van der Waals surface area contributed by atoms with Crippen LogP contribution in [0.25, 0.3) is 0 Å². The summed E-state index contributed by atoms with van der Waals surface area (Å²) in [5.41, 5.74) is 6.69. The fourth-order valence-electron chi connectivity index (χ4n) is 2.47. The summed E-state index contributed by atoms with van der Waals surface area (Å²) in [7, 11) is 1.90. The van der Waals surface area contributed by atoms with E-state index in [2.05, 4.69) is 0 Å². The maximum atomic E-state index is 12.3. The first kappa shape index (κ1) is 12.2. The highest BCUT2D eigenvalue weighted by atomic mass is 16.2. The number of likely N-dealkylation sites (tertiary alicyclic amines) is 1. The lowest BCUT2D eigenvalue weighted by Gasteiger charge is -2.34. The maximum absolute atomic E-state index is 12.3. The molecule has 1 aliphatic heterocycles. The van der Waals surface area contributed by atoms with Crippen molar-refractivity contribution in [3.63, 3.8) is 0 Å². The Morgan fingerprint density at radius 1 is 1.59 bits per heavy atom. The van der Waals surface area contributed by atoms with Crippen molar-refractivity contribution in [3.05, 3.63) is 24.0 Å². The fourth-order valence-corrected chi connectivity index (χ4v) is 2.47. The van der Waals surface area contributed by atoms with Gasteiger partial charge in [0.2, 0.25) is 0 Å². The minimum Gasteiger partial charge on any atom is -0.347 e. The van der Waals surface area contributed by atoms with Crippen LogP contribution in [0.3, 0.4) is 0 Å². The number of piperidine rings is 1. The first-order valence-corrected chi connectivity index (χ1v) is 6.26. The molecule has 2 atom stereocenters. The van der Waals surface area contributed by atoms with Crippen LogP contribution in [0, 0.1) is 5.92 Å². The van der Waals surface area contributed by atoms with Crippen LogP contribution >= 0.6 is 0 Å². The van der Waals surface area contributed by atoms with Crippen LogP contribution in [0.4, 0.5) is 0 Å². The van der Waals surface area contributed by atoms with Gasteiger partial charge in [-0.25, -0.2) is 0 Å². The number of carbonyl (C=O) groups excluding carboxylic acids is 1. The largest absolute Gasteiger partial charge is 0.347 e. The summed E-state index contributed by atoms with van der Waals surface area (Å²) >= 11 is 0. The molecule has 4 nitrogen and oxygen atoms in total. The number of rotatable bonds is 2. The Kier molecular flexibility index (Phi) is 3.52. The Morgan fingerprint density at radius 2 is 2.35 bits per heavy atom. The Hall–Kier alpha value is -1.29. The number of nitrogens with zero attached hydrogens (tertiary/aromatic N) is 2. The maximum Gasteiger partial charge on any atom is 0.270 e. The molecule has 0 aromatic carbocycles. The highest BCUT2D eigenvalue weighted by Crippen LogP contribution is 2.20. The van der Waals surface area contributed by atoms with Crippen molar-refractivity contribution in [1.82, 2.24) is 9.47 Å². The summed E-state index contributed by atoms with van der Waals surface area (Å²) in [5.74, 6) is 0.566. The first-order valence-electron chi connectivity index (χ1n) is 6.26. The summed E-state index contributed by atoms with van der Waals surface area (Å²) in [4.78, 5) is 14.3. The van der Waals surface area contributed by atoms with Crippen LogP contribution in [0.15, 0.2) is 18.3 Å². The second-order valence-electron chi connectivity index (χ2n) is 5.02. The predicted molar refractivity (Wildman–Crippen MR) is 67.7 cm³/mol. The molecule has 1 fully saturated rings. The third-order valence-corrected chi connectivity index (χ3v) is 3.65. The topological polar surface area (TPSA) is 51.3 Å². The SMILES string of the molecule is C[C@@H](N)[C@@H]1CCCN(C(=O)c2cccn2C)C1. The van der Waals surface area contributed by atoms with Crippen molar-refractivity contribution in [2.75, 3.05) is 13.1 Å². The van der Waals surface area contributed by atoms with Gasteiger partial charge in [0.15, 0.2) is 0 Å². The second-order valence-corrected chi connectivity index (χ2v) is 5.02. The van der Waals surface area contributed by atoms with Crippen molar-refractivity contribution in [1.29, 1.82) is 0 Å². The number of nitrogens with two attached hydrogens (primary N) is 1. The Bertz CT molecular complexity index is 397. The molecular formula is C13H21N3O. The Balaban J connectivity index is 2.07. The number of carbonyl (C=O) groups is 1. The van der Waals surface area contributed by atoms with Gasteiger partial charge in [-0.05, 0) is 37.8 Å². The number of amides is 1. The summed E-state index contributed by atoms with van der Waals surface area (Å²) in [6.45, 7) is 3.68. The van der Waals surface area contributed by atoms with Crippen molar-refractivity contribution in [2.24, 2.45) is 18.7 Å². The monoisotopic (exact) mass is 235 g/mol. The molecule has 0 spiro atoms. The number of hydrogen-bond acceptors (Lipinski definition) is 2. The van der Waals surface area contributed by atoms with Gasteiger partial charge in [0, 0.05) is 32.4 Å². The van der Waals surface area contributed by atoms with Crippen LogP contribution < -0.4 is 5.73 Å². The molecule has 2 rings (SSSR count). The third kappa shape index (κ3) is 2.52. The van der Waals surface area contributed by atoms with Gasteiger partial charge < -0.3 is 15.2 Å². The smallest absolute Gasteiger partial charge is 0.270 e. The first-order chi connectivity index (χ1) is 8.09. The van der Waals surface area contributed by atoms with Gasteiger partial charge in [0.25, 0.3) is 5.91 Å². The van der Waals surface area contributed by atoms with E-state index in [1.807, 2.05) is 41.8 Å². The molecule has 0 unspecified atom stereocenters. The number of aryl methyl sites for hydroxylation is 1. The van der Waals surface area contributed by atoms with Gasteiger partial charge in [-0.3, -0.25) is 4.79 Å². The predicted octanol–water partition coefficient (Wildman–Crippen LogP) is 1.22. The fraction of sp³-hybridized carbons (Fsp3) is 0.615. The van der Waals surface area contributed by atoms with Crippen LogP contribution in [0.2, 0.25) is 0 Å². The van der Waals surface area contributed by atoms with Gasteiger partial charge in [0.1, 0.15) is 5.69 Å². The Morgan fingerprint density at radius 3 is 2.94 bits per heavy atom. The standard InChI is InChI=1S/C13H21N3O/c1-10(14)11-5-3-8-16(9-11)13(17)12-6-4-7-15(12)2/h4,6-7,10-11H,3,5,8-9,14H2,1-2H3/t10-,11-/m1/s1. The molecule has 1 aliphatic rings. The van der Waals surface area contributed by atoms with Gasteiger partial charge in [-0.2, -0.15) is 0 Å². The lowest BCUT2D eigenvalue weighted by Crippen LogP contribution is -2.45. The molecular weight excluding hydrogens is 214 g/mol. The van der Waals surface area contributed by atoms with Crippen LogP contribution in [0.1, 0.15) is 30.3 Å². The van der Waals surface area contributed by atoms with E-state index in [1.54, 1.807) is 0 Å². The zero-order valence-electron chi connectivity index (χ0n) is 10.6. The lowest BCUT2D eigenvalue weighted by molar-refractivity contribution is 0.0651.